The molecule has 0 atom stereocenters. The summed E-state index contributed by atoms with van der Waals surface area (Å²) in [7, 11) is 0. The molecule has 1 N–H and O–H groups in total. The number of amides is 1. The monoisotopic (exact) mass is 413 g/mol. The van der Waals surface area contributed by atoms with Gasteiger partial charge in [0, 0.05) is 19.0 Å². The minimum atomic E-state index is -0.298. The largest absolute Gasteiger partial charge is 0.342 e. The molecule has 0 unspecified atom stereocenters. The first-order chi connectivity index (χ1) is 15.2. The highest BCUT2D eigenvalue weighted by Gasteiger charge is 2.31. The van der Waals surface area contributed by atoms with E-state index < -0.39 is 0 Å². The number of fused-ring (bicyclic) bond motifs is 1. The van der Waals surface area contributed by atoms with Crippen molar-refractivity contribution in [2.24, 2.45) is 0 Å². The van der Waals surface area contributed by atoms with Gasteiger partial charge in [-0.3, -0.25) is 4.79 Å². The van der Waals surface area contributed by atoms with Crippen molar-refractivity contribution in [1.82, 2.24) is 14.9 Å². The molecule has 1 aromatic heterocycles. The summed E-state index contributed by atoms with van der Waals surface area (Å²) >= 11 is 0. The summed E-state index contributed by atoms with van der Waals surface area (Å²) in [6.45, 7) is 1.37. The Hall–Kier alpha value is -3.47. The summed E-state index contributed by atoms with van der Waals surface area (Å²) in [5.74, 6) is 0.702. The van der Waals surface area contributed by atoms with E-state index in [9.17, 15) is 9.18 Å². The molecule has 5 heteroatoms. The van der Waals surface area contributed by atoms with E-state index in [0.717, 1.165) is 40.8 Å². The molecule has 0 saturated carbocycles. The van der Waals surface area contributed by atoms with Crippen LogP contribution in [0.5, 0.6) is 0 Å². The Labute approximate surface area is 180 Å². The van der Waals surface area contributed by atoms with E-state index in [2.05, 4.69) is 9.97 Å². The number of nitrogens with zero attached hydrogens (tertiary/aromatic N) is 2. The topological polar surface area (TPSA) is 49.0 Å². The van der Waals surface area contributed by atoms with Crippen molar-refractivity contribution >= 4 is 16.9 Å². The second-order valence-electron chi connectivity index (χ2n) is 8.14. The molecule has 1 aliphatic heterocycles. The number of H-pyrrole nitrogens is 1. The van der Waals surface area contributed by atoms with Crippen molar-refractivity contribution in [1.29, 1.82) is 0 Å². The Morgan fingerprint density at radius 3 is 2.16 bits per heavy atom. The van der Waals surface area contributed by atoms with Crippen LogP contribution >= 0.6 is 0 Å². The van der Waals surface area contributed by atoms with Gasteiger partial charge in [-0.05, 0) is 42.2 Å². The minimum absolute atomic E-state index is 0.141. The zero-order valence-electron chi connectivity index (χ0n) is 17.2. The normalized spacial score (nSPS) is 15.0. The fourth-order valence-electron chi connectivity index (χ4n) is 4.52. The van der Waals surface area contributed by atoms with E-state index in [1.165, 1.54) is 12.1 Å². The van der Waals surface area contributed by atoms with Crippen LogP contribution in [0, 0.1) is 5.82 Å². The van der Waals surface area contributed by atoms with E-state index >= 15 is 0 Å². The van der Waals surface area contributed by atoms with Crippen molar-refractivity contribution in [2.45, 2.75) is 24.7 Å². The molecule has 0 bridgehead atoms. The van der Waals surface area contributed by atoms with E-state index in [0.29, 0.717) is 13.1 Å². The summed E-state index contributed by atoms with van der Waals surface area (Å²) in [6, 6.07) is 24.6. The number of hydrogen-bond donors (Lipinski definition) is 1. The van der Waals surface area contributed by atoms with E-state index in [4.69, 9.17) is 0 Å². The maximum Gasteiger partial charge on any atom is 0.234 e. The van der Waals surface area contributed by atoms with Crippen LogP contribution in [-0.4, -0.2) is 33.9 Å². The second kappa shape index (κ2) is 8.34. The predicted molar refractivity (Wildman–Crippen MR) is 119 cm³/mol. The van der Waals surface area contributed by atoms with Gasteiger partial charge in [-0.15, -0.1) is 0 Å². The van der Waals surface area contributed by atoms with Crippen LogP contribution in [0.3, 0.4) is 0 Å². The Morgan fingerprint density at radius 2 is 1.55 bits per heavy atom. The quantitative estimate of drug-likeness (QED) is 0.497. The summed E-state index contributed by atoms with van der Waals surface area (Å²) in [6.07, 6.45) is 1.68. The molecule has 5 rings (SSSR count). The van der Waals surface area contributed by atoms with Gasteiger partial charge in [-0.2, -0.15) is 0 Å². The number of benzene rings is 3. The van der Waals surface area contributed by atoms with Gasteiger partial charge in [-0.25, -0.2) is 9.37 Å². The summed E-state index contributed by atoms with van der Waals surface area (Å²) in [4.78, 5) is 23.5. The molecule has 1 fully saturated rings. The molecular formula is C26H24FN3O. The maximum atomic E-state index is 13.6. The second-order valence-corrected chi connectivity index (χ2v) is 8.14. The molecular weight excluding hydrogens is 389 g/mol. The van der Waals surface area contributed by atoms with Gasteiger partial charge in [0.15, 0.2) is 0 Å². The summed E-state index contributed by atoms with van der Waals surface area (Å²) in [5, 5.41) is 0. The summed E-state index contributed by atoms with van der Waals surface area (Å²) < 4.78 is 13.5. The minimum Gasteiger partial charge on any atom is -0.342 e. The van der Waals surface area contributed by atoms with E-state index in [-0.39, 0.29) is 23.6 Å². The van der Waals surface area contributed by atoms with E-state index in [1.54, 1.807) is 6.07 Å². The van der Waals surface area contributed by atoms with Crippen LogP contribution in [-0.2, 0) is 4.79 Å². The van der Waals surface area contributed by atoms with Crippen LogP contribution in [0.25, 0.3) is 11.0 Å². The highest BCUT2D eigenvalue weighted by Crippen LogP contribution is 2.32. The first-order valence-electron chi connectivity index (χ1n) is 10.7. The molecule has 1 amide bonds. The highest BCUT2D eigenvalue weighted by atomic mass is 19.1. The number of imidazole rings is 1. The Morgan fingerprint density at radius 1 is 0.935 bits per heavy atom. The van der Waals surface area contributed by atoms with Gasteiger partial charge in [0.2, 0.25) is 5.91 Å². The first kappa shape index (κ1) is 19.5. The molecule has 1 saturated heterocycles. The smallest absolute Gasteiger partial charge is 0.234 e. The van der Waals surface area contributed by atoms with Gasteiger partial charge in [-0.1, -0.05) is 60.7 Å². The molecule has 2 heterocycles. The molecule has 4 nitrogen and oxygen atoms in total. The molecule has 1 aliphatic rings. The number of rotatable bonds is 4. The van der Waals surface area contributed by atoms with Crippen LogP contribution in [0.2, 0.25) is 0 Å². The number of aromatic nitrogens is 2. The molecule has 0 spiro atoms. The average molecular weight is 413 g/mol. The number of nitrogens with one attached hydrogen (secondary N) is 1. The third kappa shape index (κ3) is 3.96. The van der Waals surface area contributed by atoms with Crippen molar-refractivity contribution in [3.63, 3.8) is 0 Å². The van der Waals surface area contributed by atoms with E-state index in [1.807, 2.05) is 65.6 Å². The van der Waals surface area contributed by atoms with Crippen molar-refractivity contribution in [3.8, 4) is 0 Å². The lowest BCUT2D eigenvalue weighted by Gasteiger charge is -2.34. The van der Waals surface area contributed by atoms with Crippen molar-refractivity contribution in [3.05, 3.63) is 102 Å². The third-order valence-corrected chi connectivity index (χ3v) is 6.17. The van der Waals surface area contributed by atoms with Gasteiger partial charge < -0.3 is 9.88 Å². The van der Waals surface area contributed by atoms with Gasteiger partial charge in [0.05, 0.1) is 17.0 Å². The number of halogens is 1. The number of piperidine rings is 1. The molecule has 4 aromatic rings. The fraction of sp³-hybridized carbons (Fsp3) is 0.231. The maximum absolute atomic E-state index is 13.6. The van der Waals surface area contributed by atoms with Crippen molar-refractivity contribution < 1.29 is 9.18 Å². The molecule has 3 aromatic carbocycles. The van der Waals surface area contributed by atoms with Gasteiger partial charge in [0.1, 0.15) is 11.6 Å². The van der Waals surface area contributed by atoms with Crippen LogP contribution in [0.4, 0.5) is 4.39 Å². The number of carbonyl (C=O) groups is 1. The summed E-state index contributed by atoms with van der Waals surface area (Å²) in [5.41, 5.74) is 3.53. The fourth-order valence-corrected chi connectivity index (χ4v) is 4.52. The Kier molecular flexibility index (Phi) is 5.24. The molecule has 156 valence electrons. The number of likely N-dealkylation sites (tertiary alicyclic amines) is 1. The average Bonchev–Trinajstić information content (AvgIpc) is 3.24. The Balaban J connectivity index is 1.34. The SMILES string of the molecule is O=C(C(c1ccccc1)c1ccccc1)N1CCC(c2nc3ccc(F)cc3[nH]2)CC1. The lowest BCUT2D eigenvalue weighted by atomic mass is 9.88. The van der Waals surface area contributed by atoms with Crippen LogP contribution in [0.15, 0.2) is 78.9 Å². The van der Waals surface area contributed by atoms with Crippen molar-refractivity contribution in [2.75, 3.05) is 13.1 Å². The molecule has 31 heavy (non-hydrogen) atoms. The first-order valence-corrected chi connectivity index (χ1v) is 10.7. The zero-order chi connectivity index (χ0) is 21.2. The number of carbonyl (C=O) groups excluding carboxylic acids is 1. The predicted octanol–water partition coefficient (Wildman–Crippen LogP) is 5.24. The van der Waals surface area contributed by atoms with Crippen LogP contribution in [0.1, 0.15) is 41.6 Å². The highest BCUT2D eigenvalue weighted by molar-refractivity contribution is 5.87. The molecule has 0 radical (unpaired) electrons. The Bertz CT molecular complexity index is 1140. The molecule has 0 aliphatic carbocycles. The number of hydrogen-bond acceptors (Lipinski definition) is 2. The standard InChI is InChI=1S/C26H24FN3O/c27-21-11-12-22-23(17-21)29-25(28-22)20-13-15-30(16-14-20)26(31)24(18-7-3-1-4-8-18)19-9-5-2-6-10-19/h1-12,17,20,24H,13-16H2,(H,28,29). The van der Waals surface area contributed by atoms with Gasteiger partial charge >= 0.3 is 0 Å². The number of aromatic amines is 1. The zero-order valence-corrected chi connectivity index (χ0v) is 17.2. The third-order valence-electron chi connectivity index (χ3n) is 6.17. The van der Waals surface area contributed by atoms with Crippen LogP contribution < -0.4 is 0 Å². The van der Waals surface area contributed by atoms with Gasteiger partial charge in [0.25, 0.3) is 0 Å². The lowest BCUT2D eigenvalue weighted by molar-refractivity contribution is -0.133. The lowest BCUT2D eigenvalue weighted by Crippen LogP contribution is -2.41.